The van der Waals surface area contributed by atoms with Crippen molar-refractivity contribution in [1.29, 1.82) is 0 Å². The first kappa shape index (κ1) is 12.1. The number of aromatic nitrogens is 2. The van der Waals surface area contributed by atoms with Gasteiger partial charge >= 0.3 is 0 Å². The van der Waals surface area contributed by atoms with E-state index in [1.165, 1.54) is 25.8 Å². The average Bonchev–Trinajstić information content (AvgIpc) is 2.64. The Morgan fingerprint density at radius 2 is 2.12 bits per heavy atom. The van der Waals surface area contributed by atoms with Gasteiger partial charge in [-0.15, -0.1) is 0 Å². The maximum absolute atomic E-state index is 4.63. The first-order valence-electron chi connectivity index (χ1n) is 6.28. The Kier molecular flexibility index (Phi) is 3.79. The number of nitrogens with one attached hydrogen (secondary N) is 1. The molecule has 2 heterocycles. The number of H-pyrrole nitrogens is 1. The third-order valence-electron chi connectivity index (χ3n) is 3.52. The molecule has 0 amide bonds. The van der Waals surface area contributed by atoms with Gasteiger partial charge in [0.15, 0.2) is 0 Å². The number of likely N-dealkylation sites (tertiary alicyclic amines) is 1. The molecule has 17 heavy (non-hydrogen) atoms. The molecular formula is C14H21N3. The van der Waals surface area contributed by atoms with Crippen LogP contribution in [0.15, 0.2) is 13.2 Å². The molecule has 1 saturated heterocycles. The van der Waals surface area contributed by atoms with Gasteiger partial charge in [0, 0.05) is 5.92 Å². The Hall–Kier alpha value is -1.35. The first-order valence-corrected chi connectivity index (χ1v) is 6.28. The Morgan fingerprint density at radius 3 is 2.76 bits per heavy atom. The summed E-state index contributed by atoms with van der Waals surface area (Å²) in [5.41, 5.74) is 1.92. The maximum atomic E-state index is 4.63. The van der Waals surface area contributed by atoms with Gasteiger partial charge in [-0.05, 0) is 51.6 Å². The van der Waals surface area contributed by atoms with Crippen LogP contribution >= 0.6 is 0 Å². The minimum absolute atomic E-state index is 0.548. The third-order valence-corrected chi connectivity index (χ3v) is 3.52. The molecule has 1 N–H and O–H groups in total. The second kappa shape index (κ2) is 5.32. The summed E-state index contributed by atoms with van der Waals surface area (Å²) in [4.78, 5) is 10.4. The predicted molar refractivity (Wildman–Crippen MR) is 72.9 cm³/mol. The summed E-state index contributed by atoms with van der Waals surface area (Å²) in [6.07, 6.45) is 7.24. The number of imidazole rings is 1. The van der Waals surface area contributed by atoms with Crippen molar-refractivity contribution in [2.24, 2.45) is 0 Å². The summed E-state index contributed by atoms with van der Waals surface area (Å²) in [6, 6.07) is 0. The minimum atomic E-state index is 0.548. The van der Waals surface area contributed by atoms with Crippen LogP contribution in [0.25, 0.3) is 12.2 Å². The molecule has 1 fully saturated rings. The Labute approximate surface area is 103 Å². The van der Waals surface area contributed by atoms with Crippen LogP contribution in [-0.2, 0) is 0 Å². The van der Waals surface area contributed by atoms with Gasteiger partial charge in [-0.3, -0.25) is 0 Å². The van der Waals surface area contributed by atoms with E-state index in [2.05, 4.69) is 35.1 Å². The maximum Gasteiger partial charge on any atom is 0.110 e. The number of hydrogen-bond donors (Lipinski definition) is 1. The van der Waals surface area contributed by atoms with Crippen LogP contribution in [-0.4, -0.2) is 35.0 Å². The molecule has 3 nitrogen and oxygen atoms in total. The Morgan fingerprint density at radius 1 is 1.29 bits per heavy atom. The molecular weight excluding hydrogens is 210 g/mol. The predicted octanol–water partition coefficient (Wildman–Crippen LogP) is 2.90. The van der Waals surface area contributed by atoms with Crippen molar-refractivity contribution in [3.63, 3.8) is 0 Å². The molecule has 0 aliphatic carbocycles. The SMILES string of the molecule is C=Cc1nc(C2CCCN(C)CC2)[nH]c1C=C. The first-order chi connectivity index (χ1) is 8.24. The molecule has 1 aliphatic heterocycles. The highest BCUT2D eigenvalue weighted by atomic mass is 15.1. The number of nitrogens with zero attached hydrogens (tertiary/aromatic N) is 2. The molecule has 1 aromatic heterocycles. The van der Waals surface area contributed by atoms with E-state index in [0.29, 0.717) is 5.92 Å². The third kappa shape index (κ3) is 2.67. The fourth-order valence-electron chi connectivity index (χ4n) is 2.44. The van der Waals surface area contributed by atoms with E-state index in [1.807, 2.05) is 6.08 Å². The summed E-state index contributed by atoms with van der Waals surface area (Å²) >= 11 is 0. The number of hydrogen-bond acceptors (Lipinski definition) is 2. The van der Waals surface area contributed by atoms with E-state index in [4.69, 9.17) is 0 Å². The van der Waals surface area contributed by atoms with Crippen LogP contribution < -0.4 is 0 Å². The van der Waals surface area contributed by atoms with Gasteiger partial charge in [-0.25, -0.2) is 4.98 Å². The van der Waals surface area contributed by atoms with Gasteiger partial charge in [0.2, 0.25) is 0 Å². The van der Waals surface area contributed by atoms with Crippen molar-refractivity contribution in [2.75, 3.05) is 20.1 Å². The van der Waals surface area contributed by atoms with E-state index in [0.717, 1.165) is 23.8 Å². The van der Waals surface area contributed by atoms with Gasteiger partial charge in [0.25, 0.3) is 0 Å². The standard InChI is InChI=1S/C14H21N3/c1-4-12-13(5-2)16-14(15-12)11-7-6-9-17(3)10-8-11/h4-5,11H,1-2,6-10H2,3H3,(H,15,16). The highest BCUT2D eigenvalue weighted by Crippen LogP contribution is 2.27. The van der Waals surface area contributed by atoms with Crippen molar-refractivity contribution >= 4 is 12.2 Å². The molecule has 0 spiro atoms. The lowest BCUT2D eigenvalue weighted by Gasteiger charge is -2.12. The lowest BCUT2D eigenvalue weighted by Crippen LogP contribution is -2.18. The van der Waals surface area contributed by atoms with Crippen molar-refractivity contribution in [2.45, 2.75) is 25.2 Å². The molecule has 0 aromatic carbocycles. The topological polar surface area (TPSA) is 31.9 Å². The molecule has 3 heteroatoms. The van der Waals surface area contributed by atoms with Crippen molar-refractivity contribution in [3.05, 3.63) is 30.4 Å². The molecule has 0 saturated carbocycles. The molecule has 1 aromatic rings. The van der Waals surface area contributed by atoms with Crippen LogP contribution in [0.5, 0.6) is 0 Å². The van der Waals surface area contributed by atoms with Gasteiger partial charge in [-0.2, -0.15) is 0 Å². The van der Waals surface area contributed by atoms with E-state index in [9.17, 15) is 0 Å². The monoisotopic (exact) mass is 231 g/mol. The normalized spacial score (nSPS) is 22.1. The molecule has 1 aliphatic rings. The van der Waals surface area contributed by atoms with Crippen LogP contribution in [0.4, 0.5) is 0 Å². The fraction of sp³-hybridized carbons (Fsp3) is 0.500. The van der Waals surface area contributed by atoms with Crippen LogP contribution in [0.2, 0.25) is 0 Å². The van der Waals surface area contributed by atoms with Gasteiger partial charge in [-0.1, -0.05) is 13.2 Å². The highest BCUT2D eigenvalue weighted by molar-refractivity contribution is 5.57. The van der Waals surface area contributed by atoms with Crippen LogP contribution in [0.1, 0.15) is 42.4 Å². The summed E-state index contributed by atoms with van der Waals surface area (Å²) in [7, 11) is 2.19. The Bertz CT molecular complexity index is 380. The average molecular weight is 231 g/mol. The van der Waals surface area contributed by atoms with E-state index in [1.54, 1.807) is 6.08 Å². The van der Waals surface area contributed by atoms with Crippen molar-refractivity contribution in [3.8, 4) is 0 Å². The molecule has 2 rings (SSSR count). The van der Waals surface area contributed by atoms with Crippen LogP contribution in [0, 0.1) is 0 Å². The summed E-state index contributed by atoms with van der Waals surface area (Å²) in [6.45, 7) is 9.94. The zero-order valence-corrected chi connectivity index (χ0v) is 10.6. The van der Waals surface area contributed by atoms with Gasteiger partial charge in [0.05, 0.1) is 11.4 Å². The van der Waals surface area contributed by atoms with E-state index >= 15 is 0 Å². The summed E-state index contributed by atoms with van der Waals surface area (Å²) in [5, 5.41) is 0. The van der Waals surface area contributed by atoms with E-state index < -0.39 is 0 Å². The zero-order chi connectivity index (χ0) is 12.3. The zero-order valence-electron chi connectivity index (χ0n) is 10.6. The van der Waals surface area contributed by atoms with Crippen LogP contribution in [0.3, 0.4) is 0 Å². The number of aromatic amines is 1. The number of rotatable bonds is 3. The van der Waals surface area contributed by atoms with Crippen molar-refractivity contribution in [1.82, 2.24) is 14.9 Å². The quantitative estimate of drug-likeness (QED) is 0.867. The Balaban J connectivity index is 2.18. The molecule has 0 bridgehead atoms. The summed E-state index contributed by atoms with van der Waals surface area (Å²) < 4.78 is 0. The van der Waals surface area contributed by atoms with Gasteiger partial charge < -0.3 is 9.88 Å². The van der Waals surface area contributed by atoms with Crippen molar-refractivity contribution < 1.29 is 0 Å². The smallest absolute Gasteiger partial charge is 0.110 e. The fourth-order valence-corrected chi connectivity index (χ4v) is 2.44. The van der Waals surface area contributed by atoms with Gasteiger partial charge in [0.1, 0.15) is 5.82 Å². The molecule has 1 atom stereocenters. The highest BCUT2D eigenvalue weighted by Gasteiger charge is 2.20. The molecule has 92 valence electrons. The second-order valence-electron chi connectivity index (χ2n) is 4.76. The summed E-state index contributed by atoms with van der Waals surface area (Å²) in [5.74, 6) is 1.65. The lowest BCUT2D eigenvalue weighted by molar-refractivity contribution is 0.347. The second-order valence-corrected chi connectivity index (χ2v) is 4.76. The minimum Gasteiger partial charge on any atom is -0.342 e. The van der Waals surface area contributed by atoms with E-state index in [-0.39, 0.29) is 0 Å². The molecule has 1 unspecified atom stereocenters. The lowest BCUT2D eigenvalue weighted by atomic mass is 10.0. The largest absolute Gasteiger partial charge is 0.342 e. The molecule has 0 radical (unpaired) electrons.